The number of nitrogens with zero attached hydrogens (tertiary/aromatic N) is 1. The second-order valence-corrected chi connectivity index (χ2v) is 6.07. The number of amides is 1. The molecule has 2 aliphatic heterocycles. The maximum absolute atomic E-state index is 12.3. The van der Waals surface area contributed by atoms with Gasteiger partial charge in [-0.05, 0) is 36.8 Å². The van der Waals surface area contributed by atoms with E-state index in [2.05, 4.69) is 5.32 Å². The number of rotatable bonds is 1. The van der Waals surface area contributed by atoms with Gasteiger partial charge >= 0.3 is 0 Å². The first-order valence-corrected chi connectivity index (χ1v) is 7.27. The average molecular weight is 271 g/mol. The molecule has 1 aromatic heterocycles. The van der Waals surface area contributed by atoms with Gasteiger partial charge in [0.15, 0.2) is 0 Å². The van der Waals surface area contributed by atoms with Crippen LogP contribution in [0, 0.1) is 5.92 Å². The maximum Gasteiger partial charge on any atom is 0.265 e. The van der Waals surface area contributed by atoms with Gasteiger partial charge in [-0.3, -0.25) is 4.79 Å². The molecule has 92 valence electrons. The zero-order chi connectivity index (χ0) is 11.8. The van der Waals surface area contributed by atoms with Crippen LogP contribution in [0.25, 0.3) is 0 Å². The van der Waals surface area contributed by atoms with E-state index < -0.39 is 0 Å². The van der Waals surface area contributed by atoms with Crippen molar-refractivity contribution in [1.82, 2.24) is 10.2 Å². The van der Waals surface area contributed by atoms with Gasteiger partial charge in [-0.15, -0.1) is 11.3 Å². The van der Waals surface area contributed by atoms with Crippen molar-refractivity contribution < 1.29 is 4.79 Å². The first kappa shape index (κ1) is 11.5. The molecule has 0 aromatic carbocycles. The van der Waals surface area contributed by atoms with Crippen molar-refractivity contribution in [3.8, 4) is 0 Å². The van der Waals surface area contributed by atoms with Crippen molar-refractivity contribution in [2.75, 3.05) is 19.6 Å². The Kier molecular flexibility index (Phi) is 3.11. The number of piperidine rings is 1. The number of hydrogen-bond donors (Lipinski definition) is 1. The number of thiophene rings is 1. The van der Waals surface area contributed by atoms with Gasteiger partial charge in [0.2, 0.25) is 0 Å². The van der Waals surface area contributed by atoms with Crippen molar-refractivity contribution >= 4 is 28.8 Å². The minimum Gasteiger partial charge on any atom is -0.338 e. The summed E-state index contributed by atoms with van der Waals surface area (Å²) >= 11 is 7.45. The quantitative estimate of drug-likeness (QED) is 0.849. The maximum atomic E-state index is 12.3. The number of carbonyl (C=O) groups excluding carboxylic acids is 1. The van der Waals surface area contributed by atoms with E-state index >= 15 is 0 Å². The third-order valence-electron chi connectivity index (χ3n) is 3.75. The number of halogens is 1. The molecule has 17 heavy (non-hydrogen) atoms. The Labute approximate surface area is 110 Å². The Hall–Kier alpha value is -0.580. The first-order valence-electron chi connectivity index (χ1n) is 6.01. The predicted molar refractivity (Wildman–Crippen MR) is 69.7 cm³/mol. The molecule has 1 aromatic rings. The molecule has 3 nitrogen and oxygen atoms in total. The SMILES string of the molecule is O=C(c1sccc1Cl)N1CCC2NCCC2C1. The summed E-state index contributed by atoms with van der Waals surface area (Å²) < 4.78 is 0. The highest BCUT2D eigenvalue weighted by molar-refractivity contribution is 7.12. The molecular formula is C12H15ClN2OS. The predicted octanol–water partition coefficient (Wildman–Crippen LogP) is 2.23. The Morgan fingerprint density at radius 1 is 1.53 bits per heavy atom. The molecule has 2 fully saturated rings. The number of nitrogens with one attached hydrogen (secondary N) is 1. The number of carbonyl (C=O) groups is 1. The molecular weight excluding hydrogens is 256 g/mol. The highest BCUT2D eigenvalue weighted by Gasteiger charge is 2.35. The summed E-state index contributed by atoms with van der Waals surface area (Å²) in [4.78, 5) is 15.0. The van der Waals surface area contributed by atoms with Crippen molar-refractivity contribution in [3.05, 3.63) is 21.3 Å². The summed E-state index contributed by atoms with van der Waals surface area (Å²) in [5.41, 5.74) is 0. The summed E-state index contributed by atoms with van der Waals surface area (Å²) in [6.45, 7) is 2.82. The van der Waals surface area contributed by atoms with Gasteiger partial charge in [0.05, 0.1) is 5.02 Å². The van der Waals surface area contributed by atoms with Crippen molar-refractivity contribution in [3.63, 3.8) is 0 Å². The van der Waals surface area contributed by atoms with Crippen LogP contribution in [0.5, 0.6) is 0 Å². The fourth-order valence-electron chi connectivity index (χ4n) is 2.82. The van der Waals surface area contributed by atoms with E-state index in [1.54, 1.807) is 6.07 Å². The fraction of sp³-hybridized carbons (Fsp3) is 0.583. The number of fused-ring (bicyclic) bond motifs is 1. The lowest BCUT2D eigenvalue weighted by molar-refractivity contribution is 0.0667. The van der Waals surface area contributed by atoms with Crippen LogP contribution < -0.4 is 5.32 Å². The lowest BCUT2D eigenvalue weighted by Gasteiger charge is -2.34. The highest BCUT2D eigenvalue weighted by atomic mass is 35.5. The Balaban J connectivity index is 1.73. The molecule has 2 saturated heterocycles. The van der Waals surface area contributed by atoms with E-state index in [-0.39, 0.29) is 5.91 Å². The van der Waals surface area contributed by atoms with E-state index in [0.29, 0.717) is 21.9 Å². The first-order chi connectivity index (χ1) is 8.25. The van der Waals surface area contributed by atoms with Crippen LogP contribution in [0.3, 0.4) is 0 Å². The van der Waals surface area contributed by atoms with E-state index in [1.165, 1.54) is 17.8 Å². The molecule has 0 spiro atoms. The third-order valence-corrected chi connectivity index (χ3v) is 5.08. The molecule has 1 N–H and O–H groups in total. The Morgan fingerprint density at radius 3 is 3.18 bits per heavy atom. The molecule has 0 radical (unpaired) electrons. The van der Waals surface area contributed by atoms with Crippen LogP contribution in [0.4, 0.5) is 0 Å². The normalized spacial score (nSPS) is 28.2. The van der Waals surface area contributed by atoms with Gasteiger partial charge in [-0.25, -0.2) is 0 Å². The zero-order valence-electron chi connectivity index (χ0n) is 9.49. The van der Waals surface area contributed by atoms with Crippen LogP contribution in [0.2, 0.25) is 5.02 Å². The van der Waals surface area contributed by atoms with E-state index in [0.717, 1.165) is 26.1 Å². The summed E-state index contributed by atoms with van der Waals surface area (Å²) in [5, 5.41) is 5.97. The molecule has 2 aliphatic rings. The van der Waals surface area contributed by atoms with Crippen LogP contribution in [0.1, 0.15) is 22.5 Å². The molecule has 0 aliphatic carbocycles. The van der Waals surface area contributed by atoms with Crippen molar-refractivity contribution in [2.45, 2.75) is 18.9 Å². The lowest BCUT2D eigenvalue weighted by Crippen LogP contribution is -2.46. The number of hydrogen-bond acceptors (Lipinski definition) is 3. The standard InChI is InChI=1S/C12H15ClN2OS/c13-9-3-6-17-11(9)12(16)15-5-2-10-8(7-15)1-4-14-10/h3,6,8,10,14H,1-2,4-5,7H2. The molecule has 0 saturated carbocycles. The minimum absolute atomic E-state index is 0.107. The molecule has 5 heteroatoms. The molecule has 3 heterocycles. The third kappa shape index (κ3) is 2.09. The van der Waals surface area contributed by atoms with E-state index in [4.69, 9.17) is 11.6 Å². The fourth-order valence-corrected chi connectivity index (χ4v) is 3.92. The van der Waals surface area contributed by atoms with Gasteiger partial charge in [0.25, 0.3) is 5.91 Å². The summed E-state index contributed by atoms with van der Waals surface area (Å²) in [7, 11) is 0. The lowest BCUT2D eigenvalue weighted by atomic mass is 9.93. The monoisotopic (exact) mass is 270 g/mol. The van der Waals surface area contributed by atoms with E-state index in [9.17, 15) is 4.79 Å². The number of likely N-dealkylation sites (tertiary alicyclic amines) is 1. The molecule has 0 bridgehead atoms. The highest BCUT2D eigenvalue weighted by Crippen LogP contribution is 2.28. The molecule has 1 amide bonds. The summed E-state index contributed by atoms with van der Waals surface area (Å²) in [6, 6.07) is 2.42. The Bertz CT molecular complexity index is 434. The van der Waals surface area contributed by atoms with Crippen molar-refractivity contribution in [1.29, 1.82) is 0 Å². The minimum atomic E-state index is 0.107. The molecule has 2 unspecified atom stereocenters. The average Bonchev–Trinajstić information content (AvgIpc) is 2.95. The van der Waals surface area contributed by atoms with Crippen LogP contribution in [-0.2, 0) is 0 Å². The topological polar surface area (TPSA) is 32.3 Å². The smallest absolute Gasteiger partial charge is 0.265 e. The Morgan fingerprint density at radius 2 is 2.41 bits per heavy atom. The summed E-state index contributed by atoms with van der Waals surface area (Å²) in [5.74, 6) is 0.738. The van der Waals surface area contributed by atoms with Gasteiger partial charge in [0.1, 0.15) is 4.88 Å². The van der Waals surface area contributed by atoms with Crippen LogP contribution >= 0.6 is 22.9 Å². The van der Waals surface area contributed by atoms with Crippen LogP contribution in [0.15, 0.2) is 11.4 Å². The second-order valence-electron chi connectivity index (χ2n) is 4.75. The second kappa shape index (κ2) is 4.59. The largest absolute Gasteiger partial charge is 0.338 e. The van der Waals surface area contributed by atoms with Gasteiger partial charge in [-0.1, -0.05) is 11.6 Å². The van der Waals surface area contributed by atoms with Gasteiger partial charge in [0, 0.05) is 19.1 Å². The molecule has 2 atom stereocenters. The van der Waals surface area contributed by atoms with Gasteiger partial charge in [-0.2, -0.15) is 0 Å². The van der Waals surface area contributed by atoms with Crippen LogP contribution in [-0.4, -0.2) is 36.5 Å². The van der Waals surface area contributed by atoms with E-state index in [1.807, 2.05) is 10.3 Å². The zero-order valence-corrected chi connectivity index (χ0v) is 11.1. The summed E-state index contributed by atoms with van der Waals surface area (Å²) in [6.07, 6.45) is 2.26. The van der Waals surface area contributed by atoms with Gasteiger partial charge < -0.3 is 10.2 Å². The molecule has 3 rings (SSSR count). The van der Waals surface area contributed by atoms with Crippen molar-refractivity contribution in [2.24, 2.45) is 5.92 Å².